The predicted molar refractivity (Wildman–Crippen MR) is 125 cm³/mol. The van der Waals surface area contributed by atoms with E-state index < -0.39 is 6.04 Å². The van der Waals surface area contributed by atoms with E-state index in [0.717, 1.165) is 16.7 Å². The lowest BCUT2D eigenvalue weighted by molar-refractivity contribution is -0.140. The van der Waals surface area contributed by atoms with Gasteiger partial charge < -0.3 is 10.2 Å². The van der Waals surface area contributed by atoms with Crippen LogP contribution in [0.15, 0.2) is 84.9 Å². The number of amides is 2. The summed E-state index contributed by atoms with van der Waals surface area (Å²) < 4.78 is 0. The first-order valence-corrected chi connectivity index (χ1v) is 10.8. The van der Waals surface area contributed by atoms with Gasteiger partial charge >= 0.3 is 0 Å². The second kappa shape index (κ2) is 11.3. The Morgan fingerprint density at radius 1 is 0.871 bits per heavy atom. The van der Waals surface area contributed by atoms with E-state index in [4.69, 9.17) is 11.6 Å². The Morgan fingerprint density at radius 2 is 1.45 bits per heavy atom. The molecule has 3 aromatic carbocycles. The van der Waals surface area contributed by atoms with Crippen LogP contribution in [0.1, 0.15) is 30.0 Å². The maximum absolute atomic E-state index is 13.1. The van der Waals surface area contributed by atoms with Crippen LogP contribution in [0.25, 0.3) is 0 Å². The molecule has 0 heterocycles. The van der Waals surface area contributed by atoms with E-state index >= 15 is 0 Å². The molecule has 0 saturated heterocycles. The number of carbonyl (C=O) groups is 2. The maximum atomic E-state index is 13.1. The fourth-order valence-corrected chi connectivity index (χ4v) is 3.58. The minimum absolute atomic E-state index is 0.0481. The molecule has 5 heteroatoms. The fraction of sp³-hybridized carbons (Fsp3) is 0.231. The summed E-state index contributed by atoms with van der Waals surface area (Å²) in [7, 11) is 0. The minimum Gasteiger partial charge on any atom is -0.350 e. The van der Waals surface area contributed by atoms with Crippen LogP contribution in [0.2, 0.25) is 5.02 Å². The van der Waals surface area contributed by atoms with Crippen LogP contribution in [0.4, 0.5) is 0 Å². The third-order valence-corrected chi connectivity index (χ3v) is 5.61. The topological polar surface area (TPSA) is 49.4 Å². The van der Waals surface area contributed by atoms with Crippen LogP contribution in [-0.2, 0) is 29.1 Å². The van der Waals surface area contributed by atoms with Gasteiger partial charge in [0, 0.05) is 24.5 Å². The van der Waals surface area contributed by atoms with Gasteiger partial charge in [-0.05, 0) is 36.1 Å². The average Bonchev–Trinajstić information content (AvgIpc) is 2.81. The standard InChI is InChI=1S/C26H27ClN2O2/c1-20(26(31)28-18-23-14-8-9-15-24(23)27)29(19-22-12-6-3-7-13-22)25(30)17-16-21-10-4-2-5-11-21/h2-15,20H,16-19H2,1H3,(H,28,31)/t20-/m0/s1. The van der Waals surface area contributed by atoms with E-state index in [2.05, 4.69) is 5.32 Å². The summed E-state index contributed by atoms with van der Waals surface area (Å²) >= 11 is 6.19. The van der Waals surface area contributed by atoms with Gasteiger partial charge in [-0.2, -0.15) is 0 Å². The average molecular weight is 435 g/mol. The second-order valence-corrected chi connectivity index (χ2v) is 7.89. The molecule has 0 saturated carbocycles. The molecule has 1 atom stereocenters. The number of nitrogens with zero attached hydrogens (tertiary/aromatic N) is 1. The van der Waals surface area contributed by atoms with Crippen molar-refractivity contribution in [3.8, 4) is 0 Å². The molecule has 0 aliphatic heterocycles. The van der Waals surface area contributed by atoms with Crippen molar-refractivity contribution in [3.05, 3.63) is 107 Å². The number of hydrogen-bond acceptors (Lipinski definition) is 2. The van der Waals surface area contributed by atoms with Gasteiger partial charge in [-0.25, -0.2) is 0 Å². The third kappa shape index (κ3) is 6.69. The van der Waals surface area contributed by atoms with Crippen molar-refractivity contribution in [2.24, 2.45) is 0 Å². The molecule has 0 aromatic heterocycles. The van der Waals surface area contributed by atoms with Crippen molar-refractivity contribution in [1.82, 2.24) is 10.2 Å². The zero-order valence-corrected chi connectivity index (χ0v) is 18.4. The molecular weight excluding hydrogens is 408 g/mol. The number of benzene rings is 3. The molecule has 0 aliphatic rings. The Kier molecular flexibility index (Phi) is 8.25. The van der Waals surface area contributed by atoms with E-state index in [-0.39, 0.29) is 11.8 Å². The van der Waals surface area contributed by atoms with Crippen LogP contribution < -0.4 is 5.32 Å². The zero-order chi connectivity index (χ0) is 22.1. The monoisotopic (exact) mass is 434 g/mol. The molecule has 0 aliphatic carbocycles. The predicted octanol–water partition coefficient (Wildman–Crippen LogP) is 5.01. The van der Waals surface area contributed by atoms with Crippen molar-refractivity contribution in [1.29, 1.82) is 0 Å². The number of halogens is 1. The SMILES string of the molecule is C[C@@H](C(=O)NCc1ccccc1Cl)N(Cc1ccccc1)C(=O)CCc1ccccc1. The Labute approximate surface area is 188 Å². The molecule has 0 bridgehead atoms. The van der Waals surface area contributed by atoms with Gasteiger partial charge in [0.2, 0.25) is 11.8 Å². The van der Waals surface area contributed by atoms with Crippen LogP contribution in [-0.4, -0.2) is 22.8 Å². The molecule has 1 N–H and O–H groups in total. The largest absolute Gasteiger partial charge is 0.350 e. The maximum Gasteiger partial charge on any atom is 0.242 e. The first kappa shape index (κ1) is 22.6. The lowest BCUT2D eigenvalue weighted by Gasteiger charge is -2.29. The highest BCUT2D eigenvalue weighted by atomic mass is 35.5. The van der Waals surface area contributed by atoms with Crippen molar-refractivity contribution in [3.63, 3.8) is 0 Å². The lowest BCUT2D eigenvalue weighted by Crippen LogP contribution is -2.47. The summed E-state index contributed by atoms with van der Waals surface area (Å²) in [5.74, 6) is -0.253. The molecule has 31 heavy (non-hydrogen) atoms. The Hall–Kier alpha value is -3.11. The smallest absolute Gasteiger partial charge is 0.242 e. The van der Waals surface area contributed by atoms with Crippen molar-refractivity contribution >= 4 is 23.4 Å². The molecule has 4 nitrogen and oxygen atoms in total. The molecule has 0 spiro atoms. The summed E-state index contributed by atoms with van der Waals surface area (Å²) in [6.07, 6.45) is 0.984. The number of aryl methyl sites for hydroxylation is 1. The Bertz CT molecular complexity index is 993. The summed E-state index contributed by atoms with van der Waals surface area (Å²) in [6.45, 7) is 2.47. The summed E-state index contributed by atoms with van der Waals surface area (Å²) in [6, 6.07) is 26.4. The van der Waals surface area contributed by atoms with Crippen LogP contribution >= 0.6 is 11.6 Å². The first-order chi connectivity index (χ1) is 15.0. The van der Waals surface area contributed by atoms with Crippen molar-refractivity contribution in [2.45, 2.75) is 38.9 Å². The zero-order valence-electron chi connectivity index (χ0n) is 17.6. The van der Waals surface area contributed by atoms with Gasteiger partial charge in [0.05, 0.1) is 0 Å². The molecule has 160 valence electrons. The first-order valence-electron chi connectivity index (χ1n) is 10.4. The van der Waals surface area contributed by atoms with E-state index in [1.165, 1.54) is 0 Å². The molecular formula is C26H27ClN2O2. The summed E-state index contributed by atoms with van der Waals surface area (Å²) in [5.41, 5.74) is 2.93. The number of hydrogen-bond donors (Lipinski definition) is 1. The van der Waals surface area contributed by atoms with Gasteiger partial charge in [0.1, 0.15) is 6.04 Å². The van der Waals surface area contributed by atoms with Crippen LogP contribution in [0.5, 0.6) is 0 Å². The van der Waals surface area contributed by atoms with E-state index in [1.807, 2.05) is 78.9 Å². The number of carbonyl (C=O) groups excluding carboxylic acids is 2. The van der Waals surface area contributed by atoms with E-state index in [9.17, 15) is 9.59 Å². The van der Waals surface area contributed by atoms with Crippen molar-refractivity contribution < 1.29 is 9.59 Å². The summed E-state index contributed by atoms with van der Waals surface area (Å²) in [5, 5.41) is 3.52. The second-order valence-electron chi connectivity index (χ2n) is 7.48. The van der Waals surface area contributed by atoms with Gasteiger partial charge in [-0.3, -0.25) is 9.59 Å². The molecule has 3 aromatic rings. The highest BCUT2D eigenvalue weighted by molar-refractivity contribution is 6.31. The fourth-order valence-electron chi connectivity index (χ4n) is 3.37. The normalized spacial score (nSPS) is 11.5. The Balaban J connectivity index is 1.68. The number of nitrogens with one attached hydrogen (secondary N) is 1. The van der Waals surface area contributed by atoms with Gasteiger partial charge in [0.15, 0.2) is 0 Å². The third-order valence-electron chi connectivity index (χ3n) is 5.24. The molecule has 3 rings (SSSR count). The molecule has 0 fully saturated rings. The lowest BCUT2D eigenvalue weighted by atomic mass is 10.1. The van der Waals surface area contributed by atoms with Gasteiger partial charge in [0.25, 0.3) is 0 Å². The van der Waals surface area contributed by atoms with Gasteiger partial charge in [-0.15, -0.1) is 0 Å². The highest BCUT2D eigenvalue weighted by Gasteiger charge is 2.25. The molecule has 2 amide bonds. The summed E-state index contributed by atoms with van der Waals surface area (Å²) in [4.78, 5) is 27.7. The van der Waals surface area contributed by atoms with Crippen LogP contribution in [0.3, 0.4) is 0 Å². The van der Waals surface area contributed by atoms with E-state index in [1.54, 1.807) is 17.9 Å². The highest BCUT2D eigenvalue weighted by Crippen LogP contribution is 2.16. The minimum atomic E-state index is -0.606. The van der Waals surface area contributed by atoms with E-state index in [0.29, 0.717) is 31.0 Å². The van der Waals surface area contributed by atoms with Gasteiger partial charge in [-0.1, -0.05) is 90.5 Å². The number of rotatable bonds is 9. The quantitative estimate of drug-likeness (QED) is 0.514. The molecule has 0 radical (unpaired) electrons. The van der Waals surface area contributed by atoms with Crippen molar-refractivity contribution in [2.75, 3.05) is 0 Å². The Morgan fingerprint density at radius 3 is 2.10 bits per heavy atom. The van der Waals surface area contributed by atoms with Crippen LogP contribution in [0, 0.1) is 0 Å². The molecule has 0 unspecified atom stereocenters.